The Bertz CT molecular complexity index is 507. The van der Waals surface area contributed by atoms with Gasteiger partial charge in [0.15, 0.2) is 0 Å². The Morgan fingerprint density at radius 3 is 2.96 bits per heavy atom. The van der Waals surface area contributed by atoms with Crippen molar-refractivity contribution in [2.24, 2.45) is 5.92 Å². The van der Waals surface area contributed by atoms with Gasteiger partial charge in [-0.05, 0) is 49.3 Å². The average molecular weight is 319 g/mol. The second-order valence-electron chi connectivity index (χ2n) is 7.16. The Morgan fingerprint density at radius 1 is 1.30 bits per heavy atom. The van der Waals surface area contributed by atoms with E-state index >= 15 is 0 Å². The number of benzene rings is 1. The van der Waals surface area contributed by atoms with Crippen LogP contribution in [0.2, 0.25) is 0 Å². The van der Waals surface area contributed by atoms with Gasteiger partial charge in [0.25, 0.3) is 0 Å². The summed E-state index contributed by atoms with van der Waals surface area (Å²) in [5.41, 5.74) is 2.67. The largest absolute Gasteiger partial charge is 0.392 e. The highest BCUT2D eigenvalue weighted by molar-refractivity contribution is 5.31. The van der Waals surface area contributed by atoms with Crippen LogP contribution in [0, 0.1) is 5.92 Å². The van der Waals surface area contributed by atoms with E-state index < -0.39 is 6.10 Å². The van der Waals surface area contributed by atoms with Crippen molar-refractivity contribution in [2.75, 3.05) is 26.2 Å². The molecule has 0 aromatic heterocycles. The number of likely N-dealkylation sites (tertiary alicyclic amines) is 1. The smallest absolute Gasteiger partial charge is 0.0900 e. The van der Waals surface area contributed by atoms with Crippen LogP contribution >= 0.6 is 0 Å². The molecule has 1 heterocycles. The van der Waals surface area contributed by atoms with Gasteiger partial charge in [-0.15, -0.1) is 0 Å². The lowest BCUT2D eigenvalue weighted by atomic mass is 9.89. The van der Waals surface area contributed by atoms with Crippen LogP contribution in [-0.4, -0.2) is 53.6 Å². The fraction of sp³-hybridized carbons (Fsp3) is 0.684. The molecule has 1 aromatic carbocycles. The SMILES string of the molecule is CC1CCN(CC(O)COC2CCCc3ccccc32)CC1O. The van der Waals surface area contributed by atoms with Gasteiger partial charge < -0.3 is 14.9 Å². The number of piperidine rings is 1. The fourth-order valence-electron chi connectivity index (χ4n) is 3.74. The van der Waals surface area contributed by atoms with Crippen LogP contribution in [0.4, 0.5) is 0 Å². The first-order valence-electron chi connectivity index (χ1n) is 8.91. The highest BCUT2D eigenvalue weighted by Gasteiger charge is 2.26. The number of ether oxygens (including phenoxy) is 1. The maximum Gasteiger partial charge on any atom is 0.0900 e. The van der Waals surface area contributed by atoms with Crippen LogP contribution in [0.3, 0.4) is 0 Å². The van der Waals surface area contributed by atoms with Gasteiger partial charge >= 0.3 is 0 Å². The van der Waals surface area contributed by atoms with E-state index in [1.54, 1.807) is 0 Å². The summed E-state index contributed by atoms with van der Waals surface area (Å²) in [5.74, 6) is 0.360. The number of fused-ring (bicyclic) bond motifs is 1. The monoisotopic (exact) mass is 319 g/mol. The summed E-state index contributed by atoms with van der Waals surface area (Å²) >= 11 is 0. The molecular formula is C19H29NO3. The molecule has 3 rings (SSSR count). The third-order valence-electron chi connectivity index (χ3n) is 5.28. The predicted molar refractivity (Wildman–Crippen MR) is 90.3 cm³/mol. The standard InChI is InChI=1S/C19H29NO3/c1-14-9-10-20(12-18(14)22)11-16(21)13-23-19-8-4-6-15-5-2-3-7-17(15)19/h2-3,5,7,14,16,18-19,21-22H,4,6,8-13H2,1H3. The second kappa shape index (κ2) is 7.75. The third kappa shape index (κ3) is 4.32. The van der Waals surface area contributed by atoms with Crippen molar-refractivity contribution in [2.45, 2.75) is 50.9 Å². The molecule has 0 amide bonds. The summed E-state index contributed by atoms with van der Waals surface area (Å²) in [6, 6.07) is 8.47. The molecule has 4 atom stereocenters. The van der Waals surface area contributed by atoms with Crippen LogP contribution < -0.4 is 0 Å². The Labute approximate surface area is 139 Å². The lowest BCUT2D eigenvalue weighted by Crippen LogP contribution is -2.46. The van der Waals surface area contributed by atoms with E-state index in [1.165, 1.54) is 11.1 Å². The molecule has 2 aliphatic rings. The van der Waals surface area contributed by atoms with E-state index in [2.05, 4.69) is 36.1 Å². The number of nitrogens with zero attached hydrogens (tertiary/aromatic N) is 1. The Morgan fingerprint density at radius 2 is 2.13 bits per heavy atom. The zero-order valence-electron chi connectivity index (χ0n) is 14.0. The average Bonchev–Trinajstić information content (AvgIpc) is 2.56. The maximum atomic E-state index is 10.3. The van der Waals surface area contributed by atoms with E-state index in [0.717, 1.165) is 32.2 Å². The number of aliphatic hydroxyl groups excluding tert-OH is 2. The molecule has 0 bridgehead atoms. The highest BCUT2D eigenvalue weighted by atomic mass is 16.5. The second-order valence-corrected chi connectivity index (χ2v) is 7.16. The first kappa shape index (κ1) is 16.9. The summed E-state index contributed by atoms with van der Waals surface area (Å²) < 4.78 is 6.02. The molecule has 1 aliphatic carbocycles. The molecule has 128 valence electrons. The van der Waals surface area contributed by atoms with E-state index in [-0.39, 0.29) is 12.2 Å². The molecule has 1 saturated heterocycles. The molecule has 1 aliphatic heterocycles. The molecular weight excluding hydrogens is 290 g/mol. The van der Waals surface area contributed by atoms with E-state index in [9.17, 15) is 10.2 Å². The van der Waals surface area contributed by atoms with Gasteiger partial charge in [0.05, 0.1) is 24.9 Å². The summed E-state index contributed by atoms with van der Waals surface area (Å²) in [7, 11) is 0. The van der Waals surface area contributed by atoms with Crippen molar-refractivity contribution in [3.8, 4) is 0 Å². The number of β-amino-alcohol motifs (C(OH)–C–C–N with tert-alkyl or cyclic N) is 2. The number of rotatable bonds is 5. The Kier molecular flexibility index (Phi) is 5.70. The quantitative estimate of drug-likeness (QED) is 0.873. The first-order chi connectivity index (χ1) is 11.1. The summed E-state index contributed by atoms with van der Waals surface area (Å²) in [6.07, 6.45) is 3.64. The first-order valence-corrected chi connectivity index (χ1v) is 8.91. The van der Waals surface area contributed by atoms with Crippen molar-refractivity contribution in [3.63, 3.8) is 0 Å². The lowest BCUT2D eigenvalue weighted by molar-refractivity contribution is -0.0420. The summed E-state index contributed by atoms with van der Waals surface area (Å²) in [4.78, 5) is 2.15. The van der Waals surface area contributed by atoms with Crippen LogP contribution in [0.5, 0.6) is 0 Å². The lowest BCUT2D eigenvalue weighted by Gasteiger charge is -2.35. The zero-order chi connectivity index (χ0) is 16.2. The Hall–Kier alpha value is -0.940. The minimum Gasteiger partial charge on any atom is -0.392 e. The van der Waals surface area contributed by atoms with Crippen molar-refractivity contribution in [3.05, 3.63) is 35.4 Å². The van der Waals surface area contributed by atoms with Gasteiger partial charge in [0.1, 0.15) is 0 Å². The van der Waals surface area contributed by atoms with E-state index in [0.29, 0.717) is 25.6 Å². The van der Waals surface area contributed by atoms with Gasteiger partial charge in [-0.1, -0.05) is 31.2 Å². The molecule has 23 heavy (non-hydrogen) atoms. The predicted octanol–water partition coefficient (Wildman–Crippen LogP) is 2.14. The molecule has 4 heteroatoms. The number of hydrogen-bond donors (Lipinski definition) is 2. The summed E-state index contributed by atoms with van der Waals surface area (Å²) in [5, 5.41) is 20.2. The van der Waals surface area contributed by atoms with Gasteiger partial charge in [0, 0.05) is 13.1 Å². The van der Waals surface area contributed by atoms with Gasteiger partial charge in [-0.2, -0.15) is 0 Å². The molecule has 4 unspecified atom stereocenters. The molecule has 2 N–H and O–H groups in total. The zero-order valence-corrected chi connectivity index (χ0v) is 14.0. The number of hydrogen-bond acceptors (Lipinski definition) is 4. The molecule has 0 spiro atoms. The molecule has 0 saturated carbocycles. The molecule has 1 aromatic rings. The minimum atomic E-state index is -0.496. The van der Waals surface area contributed by atoms with Crippen molar-refractivity contribution >= 4 is 0 Å². The van der Waals surface area contributed by atoms with Crippen molar-refractivity contribution < 1.29 is 14.9 Å². The van der Waals surface area contributed by atoms with Crippen LogP contribution in [0.25, 0.3) is 0 Å². The van der Waals surface area contributed by atoms with E-state index in [1.807, 2.05) is 0 Å². The Balaban J connectivity index is 1.47. The van der Waals surface area contributed by atoms with Crippen molar-refractivity contribution in [1.29, 1.82) is 0 Å². The van der Waals surface area contributed by atoms with Crippen LogP contribution in [0.15, 0.2) is 24.3 Å². The fourth-order valence-corrected chi connectivity index (χ4v) is 3.74. The maximum absolute atomic E-state index is 10.3. The highest BCUT2D eigenvalue weighted by Crippen LogP contribution is 2.32. The third-order valence-corrected chi connectivity index (χ3v) is 5.28. The van der Waals surface area contributed by atoms with Gasteiger partial charge in [0.2, 0.25) is 0 Å². The topological polar surface area (TPSA) is 52.9 Å². The van der Waals surface area contributed by atoms with Crippen LogP contribution in [-0.2, 0) is 11.2 Å². The minimum absolute atomic E-state index is 0.113. The van der Waals surface area contributed by atoms with E-state index in [4.69, 9.17) is 4.74 Å². The normalized spacial score (nSPS) is 30.0. The number of aliphatic hydroxyl groups is 2. The molecule has 1 fully saturated rings. The van der Waals surface area contributed by atoms with Gasteiger partial charge in [-0.3, -0.25) is 4.90 Å². The van der Waals surface area contributed by atoms with Crippen LogP contribution in [0.1, 0.15) is 43.4 Å². The molecule has 0 radical (unpaired) electrons. The van der Waals surface area contributed by atoms with Gasteiger partial charge in [-0.25, -0.2) is 0 Å². The molecule has 4 nitrogen and oxygen atoms in total. The summed E-state index contributed by atoms with van der Waals surface area (Å²) in [6.45, 7) is 4.63. The number of aryl methyl sites for hydroxylation is 1. The van der Waals surface area contributed by atoms with Crippen molar-refractivity contribution in [1.82, 2.24) is 4.90 Å².